The lowest BCUT2D eigenvalue weighted by Gasteiger charge is -2.28. The van der Waals surface area contributed by atoms with Gasteiger partial charge in [-0.2, -0.15) is 0 Å². The minimum absolute atomic E-state index is 0.163. The number of hydrogen-bond donors (Lipinski definition) is 1. The summed E-state index contributed by atoms with van der Waals surface area (Å²) in [6, 6.07) is 14.7. The second-order valence-corrected chi connectivity index (χ2v) is 5.11. The predicted octanol–water partition coefficient (Wildman–Crippen LogP) is 3.69. The molecule has 1 heterocycles. The molecule has 1 N–H and O–H groups in total. The number of nitrogens with one attached hydrogen (secondary N) is 1. The molecular formula is C17H19NO2. The summed E-state index contributed by atoms with van der Waals surface area (Å²) in [6.45, 7) is 3.45. The van der Waals surface area contributed by atoms with E-state index < -0.39 is 0 Å². The van der Waals surface area contributed by atoms with Crippen LogP contribution in [0.2, 0.25) is 0 Å². The zero-order chi connectivity index (χ0) is 13.9. The third-order valence-corrected chi connectivity index (χ3v) is 3.66. The smallest absolute Gasteiger partial charge is 0.141 e. The molecule has 2 aromatic rings. The van der Waals surface area contributed by atoms with E-state index in [0.29, 0.717) is 13.2 Å². The van der Waals surface area contributed by atoms with Crippen LogP contribution in [0, 0.1) is 6.92 Å². The van der Waals surface area contributed by atoms with E-state index in [0.717, 1.165) is 11.4 Å². The molecule has 2 aromatic carbocycles. The van der Waals surface area contributed by atoms with E-state index in [-0.39, 0.29) is 6.04 Å². The zero-order valence-corrected chi connectivity index (χ0v) is 11.8. The van der Waals surface area contributed by atoms with Gasteiger partial charge in [-0.3, -0.25) is 0 Å². The summed E-state index contributed by atoms with van der Waals surface area (Å²) in [4.78, 5) is 0. The lowest BCUT2D eigenvalue weighted by molar-refractivity contribution is 0.0969. The summed E-state index contributed by atoms with van der Waals surface area (Å²) in [6.07, 6.45) is 0. The third-order valence-electron chi connectivity index (χ3n) is 3.66. The van der Waals surface area contributed by atoms with E-state index in [1.807, 2.05) is 6.07 Å². The van der Waals surface area contributed by atoms with E-state index in [2.05, 4.69) is 48.6 Å². The lowest BCUT2D eigenvalue weighted by atomic mass is 9.98. The maximum absolute atomic E-state index is 5.68. The maximum Gasteiger partial charge on any atom is 0.141 e. The van der Waals surface area contributed by atoms with Gasteiger partial charge in [0.05, 0.1) is 32.1 Å². The SMILES string of the molecule is COc1ccc(C)cc1NC1COCc2ccccc21. The Morgan fingerprint density at radius 1 is 1.20 bits per heavy atom. The molecule has 3 nitrogen and oxygen atoms in total. The first-order valence-electron chi connectivity index (χ1n) is 6.84. The fourth-order valence-electron chi connectivity index (χ4n) is 2.62. The number of rotatable bonds is 3. The van der Waals surface area contributed by atoms with E-state index in [9.17, 15) is 0 Å². The molecular weight excluding hydrogens is 250 g/mol. The van der Waals surface area contributed by atoms with Crippen LogP contribution in [-0.2, 0) is 11.3 Å². The van der Waals surface area contributed by atoms with Crippen LogP contribution in [0.1, 0.15) is 22.7 Å². The molecule has 0 bridgehead atoms. The van der Waals surface area contributed by atoms with Crippen LogP contribution in [0.3, 0.4) is 0 Å². The molecule has 1 aliphatic heterocycles. The van der Waals surface area contributed by atoms with Gasteiger partial charge in [-0.15, -0.1) is 0 Å². The summed E-state index contributed by atoms with van der Waals surface area (Å²) < 4.78 is 11.1. The second kappa shape index (κ2) is 5.55. The molecule has 3 rings (SSSR count). The predicted molar refractivity (Wildman–Crippen MR) is 80.2 cm³/mol. The van der Waals surface area contributed by atoms with Crippen molar-refractivity contribution in [3.63, 3.8) is 0 Å². The lowest BCUT2D eigenvalue weighted by Crippen LogP contribution is -2.23. The molecule has 1 unspecified atom stereocenters. The number of aryl methyl sites for hydroxylation is 1. The number of fused-ring (bicyclic) bond motifs is 1. The van der Waals surface area contributed by atoms with Gasteiger partial charge in [0.25, 0.3) is 0 Å². The normalized spacial score (nSPS) is 17.4. The molecule has 3 heteroatoms. The largest absolute Gasteiger partial charge is 0.495 e. The van der Waals surface area contributed by atoms with Crippen LogP contribution in [0.4, 0.5) is 5.69 Å². The van der Waals surface area contributed by atoms with Gasteiger partial charge in [0.15, 0.2) is 0 Å². The van der Waals surface area contributed by atoms with Gasteiger partial charge in [0, 0.05) is 0 Å². The molecule has 1 aliphatic rings. The van der Waals surface area contributed by atoms with Crippen molar-refractivity contribution in [1.29, 1.82) is 0 Å². The first-order chi connectivity index (χ1) is 9.78. The van der Waals surface area contributed by atoms with Crippen LogP contribution in [0.5, 0.6) is 5.75 Å². The van der Waals surface area contributed by atoms with Gasteiger partial charge in [-0.25, -0.2) is 0 Å². The second-order valence-electron chi connectivity index (χ2n) is 5.11. The molecule has 0 spiro atoms. The van der Waals surface area contributed by atoms with Crippen LogP contribution in [-0.4, -0.2) is 13.7 Å². The summed E-state index contributed by atoms with van der Waals surface area (Å²) in [5.74, 6) is 0.860. The van der Waals surface area contributed by atoms with Gasteiger partial charge in [-0.05, 0) is 35.7 Å². The van der Waals surface area contributed by atoms with Gasteiger partial charge in [0.2, 0.25) is 0 Å². The number of benzene rings is 2. The molecule has 0 radical (unpaired) electrons. The van der Waals surface area contributed by atoms with Crippen LogP contribution in [0.15, 0.2) is 42.5 Å². The molecule has 0 aromatic heterocycles. The molecule has 20 heavy (non-hydrogen) atoms. The molecule has 0 amide bonds. The average Bonchev–Trinajstić information content (AvgIpc) is 2.48. The van der Waals surface area contributed by atoms with Gasteiger partial charge in [0.1, 0.15) is 5.75 Å². The van der Waals surface area contributed by atoms with E-state index >= 15 is 0 Å². The van der Waals surface area contributed by atoms with Crippen LogP contribution < -0.4 is 10.1 Å². The van der Waals surface area contributed by atoms with Gasteiger partial charge < -0.3 is 14.8 Å². The highest BCUT2D eigenvalue weighted by atomic mass is 16.5. The Hall–Kier alpha value is -2.00. The van der Waals surface area contributed by atoms with Crippen molar-refractivity contribution in [2.45, 2.75) is 19.6 Å². The van der Waals surface area contributed by atoms with Crippen molar-refractivity contribution in [3.05, 3.63) is 59.2 Å². The molecule has 1 atom stereocenters. The number of methoxy groups -OCH3 is 1. The summed E-state index contributed by atoms with van der Waals surface area (Å²) in [5.41, 5.74) is 4.78. The maximum atomic E-state index is 5.68. The van der Waals surface area contributed by atoms with Crippen molar-refractivity contribution in [1.82, 2.24) is 0 Å². The Kier molecular flexibility index (Phi) is 3.61. The van der Waals surface area contributed by atoms with Crippen molar-refractivity contribution in [3.8, 4) is 5.75 Å². The fraction of sp³-hybridized carbons (Fsp3) is 0.294. The fourth-order valence-corrected chi connectivity index (χ4v) is 2.62. The van der Waals surface area contributed by atoms with Crippen molar-refractivity contribution in [2.24, 2.45) is 0 Å². The number of hydrogen-bond acceptors (Lipinski definition) is 3. The number of ether oxygens (including phenoxy) is 2. The van der Waals surface area contributed by atoms with Crippen LogP contribution >= 0.6 is 0 Å². The summed E-state index contributed by atoms with van der Waals surface area (Å²) in [5, 5.41) is 3.55. The third kappa shape index (κ3) is 2.49. The summed E-state index contributed by atoms with van der Waals surface area (Å²) in [7, 11) is 1.70. The molecule has 0 saturated heterocycles. The van der Waals surface area contributed by atoms with Crippen molar-refractivity contribution >= 4 is 5.69 Å². The van der Waals surface area contributed by atoms with E-state index in [1.165, 1.54) is 16.7 Å². The quantitative estimate of drug-likeness (QED) is 0.922. The topological polar surface area (TPSA) is 30.5 Å². The van der Waals surface area contributed by atoms with Crippen LogP contribution in [0.25, 0.3) is 0 Å². The van der Waals surface area contributed by atoms with E-state index in [1.54, 1.807) is 7.11 Å². The Morgan fingerprint density at radius 3 is 2.90 bits per heavy atom. The highest BCUT2D eigenvalue weighted by molar-refractivity contribution is 5.59. The van der Waals surface area contributed by atoms with Crippen molar-refractivity contribution in [2.75, 3.05) is 19.0 Å². The highest BCUT2D eigenvalue weighted by Gasteiger charge is 2.21. The highest BCUT2D eigenvalue weighted by Crippen LogP contribution is 2.32. The first kappa shape index (κ1) is 13.0. The molecule has 0 saturated carbocycles. The number of anilines is 1. The molecule has 104 valence electrons. The Labute approximate surface area is 119 Å². The van der Waals surface area contributed by atoms with Gasteiger partial charge >= 0.3 is 0 Å². The van der Waals surface area contributed by atoms with Gasteiger partial charge in [-0.1, -0.05) is 30.3 Å². The minimum atomic E-state index is 0.163. The Morgan fingerprint density at radius 2 is 2.05 bits per heavy atom. The minimum Gasteiger partial charge on any atom is -0.495 e. The molecule has 0 aliphatic carbocycles. The molecule has 0 fully saturated rings. The monoisotopic (exact) mass is 269 g/mol. The average molecular weight is 269 g/mol. The Balaban J connectivity index is 1.91. The Bertz CT molecular complexity index is 610. The van der Waals surface area contributed by atoms with E-state index in [4.69, 9.17) is 9.47 Å². The standard InChI is InChI=1S/C17H19NO2/c1-12-7-8-17(19-2)15(9-12)18-16-11-20-10-13-5-3-4-6-14(13)16/h3-9,16,18H,10-11H2,1-2H3. The zero-order valence-electron chi connectivity index (χ0n) is 11.8. The van der Waals surface area contributed by atoms with Crippen molar-refractivity contribution < 1.29 is 9.47 Å². The summed E-state index contributed by atoms with van der Waals surface area (Å²) >= 11 is 0. The first-order valence-corrected chi connectivity index (χ1v) is 6.84.